The third-order valence-electron chi connectivity index (χ3n) is 8.96. The van der Waals surface area contributed by atoms with Crippen molar-refractivity contribution in [3.63, 3.8) is 0 Å². The van der Waals surface area contributed by atoms with Crippen molar-refractivity contribution < 1.29 is 24.2 Å². The van der Waals surface area contributed by atoms with Crippen molar-refractivity contribution in [3.05, 3.63) is 54.6 Å². The summed E-state index contributed by atoms with van der Waals surface area (Å²) in [6, 6.07) is 14.9. The van der Waals surface area contributed by atoms with Gasteiger partial charge in [-0.1, -0.05) is 49.4 Å². The van der Waals surface area contributed by atoms with E-state index in [4.69, 9.17) is 4.74 Å². The largest absolute Gasteiger partial charge is 0.394 e. The van der Waals surface area contributed by atoms with Gasteiger partial charge in [-0.2, -0.15) is 0 Å². The average molecular weight is 561 g/mol. The number of ether oxygens (including phenoxy) is 1. The predicted molar refractivity (Wildman–Crippen MR) is 150 cm³/mol. The summed E-state index contributed by atoms with van der Waals surface area (Å²) in [6.07, 6.45) is 1.49. The van der Waals surface area contributed by atoms with Gasteiger partial charge >= 0.3 is 0 Å². The van der Waals surface area contributed by atoms with E-state index in [2.05, 4.69) is 20.9 Å². The van der Waals surface area contributed by atoms with Crippen molar-refractivity contribution >= 4 is 34.4 Å². The zero-order chi connectivity index (χ0) is 28.9. The van der Waals surface area contributed by atoms with Crippen LogP contribution in [0, 0.1) is 17.8 Å². The lowest BCUT2D eigenvalue weighted by molar-refractivity contribution is -0.149. The molecular weight excluding hydrogens is 524 g/mol. The van der Waals surface area contributed by atoms with Gasteiger partial charge in [-0.15, -0.1) is 5.10 Å². The van der Waals surface area contributed by atoms with Crippen LogP contribution in [-0.2, 0) is 25.8 Å². The molecule has 3 aliphatic rings. The average Bonchev–Trinajstić information content (AvgIpc) is 3.66. The standard InChI is InChI=1S/C30H36N6O5/c1-18(2)15-20(16-37)36-25(27(39)31-17-35-22-12-8-7-11-21(22)33-34-35)30-14-13-29(3,41-30)23(24(30)28(36)40)26(38)32-19-9-5-4-6-10-19/h4-12,18,20,23-25,37H,13-17H2,1-3H3,(H,31,39)(H,32,38)/t20-,23+,24+,25?,29-,30?/m1/s1. The smallest absolute Gasteiger partial charge is 0.247 e. The second-order valence-corrected chi connectivity index (χ2v) is 12.1. The Morgan fingerprint density at radius 2 is 1.83 bits per heavy atom. The highest BCUT2D eigenvalue weighted by atomic mass is 16.5. The van der Waals surface area contributed by atoms with Gasteiger partial charge in [0.2, 0.25) is 17.7 Å². The number of para-hydroxylation sites is 2. The minimum Gasteiger partial charge on any atom is -0.394 e. The van der Waals surface area contributed by atoms with Crippen molar-refractivity contribution in [2.24, 2.45) is 17.8 Å². The van der Waals surface area contributed by atoms with Crippen LogP contribution in [0.3, 0.4) is 0 Å². The quantitative estimate of drug-likeness (QED) is 0.365. The predicted octanol–water partition coefficient (Wildman–Crippen LogP) is 2.32. The van der Waals surface area contributed by atoms with Crippen LogP contribution in [0.25, 0.3) is 11.0 Å². The Morgan fingerprint density at radius 3 is 2.56 bits per heavy atom. The third kappa shape index (κ3) is 4.38. The maximum absolute atomic E-state index is 14.3. The highest BCUT2D eigenvalue weighted by molar-refractivity contribution is 6.02. The molecule has 3 aromatic rings. The second kappa shape index (κ2) is 10.2. The van der Waals surface area contributed by atoms with Crippen molar-refractivity contribution in [3.8, 4) is 0 Å². The van der Waals surface area contributed by atoms with Crippen molar-refractivity contribution in [1.29, 1.82) is 0 Å². The minimum atomic E-state index is -1.19. The molecule has 3 amide bonds. The van der Waals surface area contributed by atoms with Gasteiger partial charge in [0, 0.05) is 5.69 Å². The van der Waals surface area contributed by atoms with Crippen LogP contribution in [0.15, 0.2) is 54.6 Å². The van der Waals surface area contributed by atoms with Crippen LogP contribution >= 0.6 is 0 Å². The van der Waals surface area contributed by atoms with E-state index in [1.165, 1.54) is 4.90 Å². The Balaban J connectivity index is 1.35. The molecule has 2 unspecified atom stereocenters. The number of likely N-dealkylation sites (tertiary alicyclic amines) is 1. The Hall–Kier alpha value is -3.83. The molecule has 6 rings (SSSR count). The summed E-state index contributed by atoms with van der Waals surface area (Å²) >= 11 is 0. The molecule has 0 radical (unpaired) electrons. The first-order valence-electron chi connectivity index (χ1n) is 14.2. The van der Waals surface area contributed by atoms with Gasteiger partial charge in [0.25, 0.3) is 0 Å². The normalized spacial score (nSPS) is 29.2. The molecule has 2 aromatic carbocycles. The van der Waals surface area contributed by atoms with Gasteiger partial charge in [0.05, 0.1) is 35.6 Å². The number of aliphatic hydroxyl groups is 1. The molecular formula is C30H36N6O5. The first kappa shape index (κ1) is 27.3. The van der Waals surface area contributed by atoms with E-state index in [1.54, 1.807) is 16.8 Å². The molecule has 1 aromatic heterocycles. The van der Waals surface area contributed by atoms with Gasteiger partial charge in [-0.25, -0.2) is 4.68 Å². The summed E-state index contributed by atoms with van der Waals surface area (Å²) in [4.78, 5) is 43.7. The first-order chi connectivity index (χ1) is 19.7. The molecule has 216 valence electrons. The molecule has 3 fully saturated rings. The molecule has 0 saturated carbocycles. The lowest BCUT2D eigenvalue weighted by Gasteiger charge is -2.37. The topological polar surface area (TPSA) is 139 Å². The van der Waals surface area contributed by atoms with Crippen molar-refractivity contribution in [2.45, 2.75) is 70.0 Å². The molecule has 41 heavy (non-hydrogen) atoms. The number of aromatic nitrogens is 3. The molecule has 3 saturated heterocycles. The van der Waals surface area contributed by atoms with E-state index in [9.17, 15) is 19.5 Å². The number of amides is 3. The Kier molecular flexibility index (Phi) is 6.82. The number of carbonyl (C=O) groups is 3. The van der Waals surface area contributed by atoms with Crippen LogP contribution in [0.4, 0.5) is 5.69 Å². The number of anilines is 1. The van der Waals surface area contributed by atoms with Gasteiger partial charge in [0.15, 0.2) is 0 Å². The molecule has 0 aliphatic carbocycles. The van der Waals surface area contributed by atoms with Crippen LogP contribution in [0.1, 0.15) is 40.0 Å². The first-order valence-corrected chi connectivity index (χ1v) is 14.2. The minimum absolute atomic E-state index is 0.0434. The molecule has 4 heterocycles. The van der Waals surface area contributed by atoms with Crippen LogP contribution < -0.4 is 10.6 Å². The number of benzene rings is 2. The lowest BCUT2D eigenvalue weighted by Crippen LogP contribution is -2.58. The molecule has 3 aliphatic heterocycles. The zero-order valence-corrected chi connectivity index (χ0v) is 23.5. The molecule has 2 bridgehead atoms. The van der Waals surface area contributed by atoms with Crippen molar-refractivity contribution in [2.75, 3.05) is 11.9 Å². The van der Waals surface area contributed by atoms with E-state index < -0.39 is 41.0 Å². The number of rotatable bonds is 9. The van der Waals surface area contributed by atoms with E-state index in [1.807, 2.05) is 63.2 Å². The number of fused-ring (bicyclic) bond motifs is 2. The van der Waals surface area contributed by atoms with Gasteiger partial charge in [-0.3, -0.25) is 14.4 Å². The summed E-state index contributed by atoms with van der Waals surface area (Å²) in [6.45, 7) is 5.62. The van der Waals surface area contributed by atoms with Gasteiger partial charge in [-0.05, 0) is 56.4 Å². The van der Waals surface area contributed by atoms with E-state index in [0.29, 0.717) is 30.5 Å². The Morgan fingerprint density at radius 1 is 1.10 bits per heavy atom. The van der Waals surface area contributed by atoms with E-state index >= 15 is 0 Å². The number of carbonyl (C=O) groups excluding carboxylic acids is 3. The maximum Gasteiger partial charge on any atom is 0.247 e. The Labute approximate surface area is 238 Å². The van der Waals surface area contributed by atoms with Crippen LogP contribution in [0.5, 0.6) is 0 Å². The number of hydrogen-bond donors (Lipinski definition) is 3. The summed E-state index contributed by atoms with van der Waals surface area (Å²) in [5.74, 6) is -2.52. The SMILES string of the molecule is CC(C)C[C@H](CO)N1C(=O)[C@@H]2[C@@H](C(=O)Nc3ccccc3)[C@@]3(C)CCC2(O3)C1C(=O)NCn1nnc2ccccc21. The molecule has 11 heteroatoms. The molecule has 1 spiro atoms. The van der Waals surface area contributed by atoms with E-state index in [-0.39, 0.29) is 31.0 Å². The Bertz CT molecular complexity index is 1480. The molecule has 6 atom stereocenters. The number of nitrogens with one attached hydrogen (secondary N) is 2. The fourth-order valence-corrected chi connectivity index (χ4v) is 7.30. The maximum atomic E-state index is 14.3. The fourth-order valence-electron chi connectivity index (χ4n) is 7.30. The van der Waals surface area contributed by atoms with Crippen LogP contribution in [0.2, 0.25) is 0 Å². The highest BCUT2D eigenvalue weighted by Crippen LogP contribution is 2.63. The van der Waals surface area contributed by atoms with E-state index in [0.717, 1.165) is 5.52 Å². The summed E-state index contributed by atoms with van der Waals surface area (Å²) in [5.41, 5.74) is -0.00218. The lowest BCUT2D eigenvalue weighted by atomic mass is 9.66. The van der Waals surface area contributed by atoms with Gasteiger partial charge in [0.1, 0.15) is 23.8 Å². The number of hydrogen-bond acceptors (Lipinski definition) is 7. The third-order valence-corrected chi connectivity index (χ3v) is 8.96. The molecule has 3 N–H and O–H groups in total. The van der Waals surface area contributed by atoms with Crippen LogP contribution in [-0.4, -0.2) is 72.6 Å². The second-order valence-electron chi connectivity index (χ2n) is 12.1. The summed E-state index contributed by atoms with van der Waals surface area (Å²) < 4.78 is 8.27. The number of aliphatic hydroxyl groups excluding tert-OH is 1. The van der Waals surface area contributed by atoms with Crippen molar-refractivity contribution in [1.82, 2.24) is 25.2 Å². The molecule has 11 nitrogen and oxygen atoms in total. The summed E-state index contributed by atoms with van der Waals surface area (Å²) in [5, 5.41) is 24.7. The highest BCUT2D eigenvalue weighted by Gasteiger charge is 2.78. The summed E-state index contributed by atoms with van der Waals surface area (Å²) in [7, 11) is 0. The zero-order valence-electron chi connectivity index (χ0n) is 23.5. The fraction of sp³-hybridized carbons (Fsp3) is 0.500. The number of nitrogens with zero attached hydrogens (tertiary/aromatic N) is 4. The monoisotopic (exact) mass is 560 g/mol. The van der Waals surface area contributed by atoms with Gasteiger partial charge < -0.3 is 25.4 Å².